The molecule has 0 spiro atoms. The number of aromatic nitrogens is 6. The van der Waals surface area contributed by atoms with Gasteiger partial charge in [-0.25, -0.2) is 19.1 Å². The zero-order valence-electron chi connectivity index (χ0n) is 21.8. The molecule has 2 aromatic carbocycles. The number of rotatable bonds is 9. The van der Waals surface area contributed by atoms with Crippen molar-refractivity contribution in [1.29, 1.82) is 0 Å². The van der Waals surface area contributed by atoms with Gasteiger partial charge in [0.05, 0.1) is 17.8 Å². The molecule has 12 nitrogen and oxygen atoms in total. The summed E-state index contributed by atoms with van der Waals surface area (Å²) in [5.74, 6) is -0.482. The molecule has 2 amide bonds. The molecule has 0 aliphatic carbocycles. The highest BCUT2D eigenvalue weighted by atomic mass is 35.5. The van der Waals surface area contributed by atoms with Gasteiger partial charge < -0.3 is 15.7 Å². The molecule has 42 heavy (non-hydrogen) atoms. The Labute approximate surface area is 240 Å². The fraction of sp³-hybridized carbons (Fsp3) is 0.308. The van der Waals surface area contributed by atoms with Crippen LogP contribution in [0.2, 0.25) is 5.02 Å². The van der Waals surface area contributed by atoms with Gasteiger partial charge in [0, 0.05) is 29.6 Å². The van der Waals surface area contributed by atoms with Gasteiger partial charge in [0.1, 0.15) is 12.9 Å². The summed E-state index contributed by atoms with van der Waals surface area (Å²) < 4.78 is 42.3. The minimum absolute atomic E-state index is 0.0643. The average molecular weight is 605 g/mol. The van der Waals surface area contributed by atoms with Gasteiger partial charge in [0.25, 0.3) is 5.91 Å². The molecule has 0 saturated carbocycles. The predicted octanol–water partition coefficient (Wildman–Crippen LogP) is 1.93. The number of nitrogens with zero attached hydrogens (tertiary/aromatic N) is 6. The maximum Gasteiger partial charge on any atom is 0.416 e. The number of hydrogen-bond donors (Lipinski definition) is 3. The third-order valence-corrected chi connectivity index (χ3v) is 6.83. The maximum absolute atomic E-state index is 13.1. The van der Waals surface area contributed by atoms with Crippen LogP contribution in [0, 0.1) is 0 Å². The second-order valence-electron chi connectivity index (χ2n) is 9.57. The summed E-state index contributed by atoms with van der Waals surface area (Å²) in [6, 6.07) is 12.4. The van der Waals surface area contributed by atoms with Crippen LogP contribution in [0.4, 0.5) is 13.2 Å². The van der Waals surface area contributed by atoms with Crippen molar-refractivity contribution in [1.82, 2.24) is 39.7 Å². The zero-order chi connectivity index (χ0) is 30.0. The molecule has 3 heterocycles. The van der Waals surface area contributed by atoms with E-state index in [1.54, 1.807) is 24.3 Å². The third-order valence-electron chi connectivity index (χ3n) is 6.58. The predicted molar refractivity (Wildman–Crippen MR) is 143 cm³/mol. The van der Waals surface area contributed by atoms with E-state index in [0.717, 1.165) is 9.25 Å². The monoisotopic (exact) mass is 604 g/mol. The lowest BCUT2D eigenvalue weighted by molar-refractivity contribution is -0.207. The molecule has 16 heteroatoms. The first kappa shape index (κ1) is 29.0. The van der Waals surface area contributed by atoms with Gasteiger partial charge in [0.2, 0.25) is 5.91 Å². The molecule has 220 valence electrons. The first-order valence-electron chi connectivity index (χ1n) is 12.8. The van der Waals surface area contributed by atoms with Gasteiger partial charge in [-0.3, -0.25) is 14.2 Å². The summed E-state index contributed by atoms with van der Waals surface area (Å²) in [6.45, 7) is -1.13. The van der Waals surface area contributed by atoms with Gasteiger partial charge in [-0.2, -0.15) is 13.2 Å². The summed E-state index contributed by atoms with van der Waals surface area (Å²) in [7, 11) is 0. The number of hydrogen-bond acceptors (Lipinski definition) is 7. The molecule has 2 aromatic heterocycles. The number of carbonyl (C=O) groups is 2. The molecule has 5 rings (SSSR count). The van der Waals surface area contributed by atoms with E-state index in [4.69, 9.17) is 11.6 Å². The smallest absolute Gasteiger partial charge is 0.382 e. The van der Waals surface area contributed by atoms with E-state index >= 15 is 0 Å². The van der Waals surface area contributed by atoms with Crippen molar-refractivity contribution in [2.24, 2.45) is 0 Å². The Bertz CT molecular complexity index is 1660. The molecule has 1 saturated heterocycles. The number of amides is 2. The number of alkyl halides is 3. The number of nitrogens with one attached hydrogen (secondary N) is 2. The van der Waals surface area contributed by atoms with Crippen molar-refractivity contribution in [3.8, 4) is 17.1 Å². The van der Waals surface area contributed by atoms with E-state index in [0.29, 0.717) is 29.1 Å². The quantitative estimate of drug-likeness (QED) is 0.264. The fourth-order valence-corrected chi connectivity index (χ4v) is 4.55. The van der Waals surface area contributed by atoms with E-state index in [1.807, 2.05) is 0 Å². The van der Waals surface area contributed by atoms with Crippen molar-refractivity contribution in [3.63, 3.8) is 0 Å². The summed E-state index contributed by atoms with van der Waals surface area (Å²) >= 11 is 5.92. The normalized spacial score (nSPS) is 15.9. The molecule has 1 aliphatic heterocycles. The Kier molecular flexibility index (Phi) is 8.13. The van der Waals surface area contributed by atoms with Crippen molar-refractivity contribution in [2.45, 2.75) is 44.3 Å². The van der Waals surface area contributed by atoms with E-state index in [-0.39, 0.29) is 42.3 Å². The van der Waals surface area contributed by atoms with Gasteiger partial charge in [0.15, 0.2) is 17.8 Å². The van der Waals surface area contributed by atoms with Crippen LogP contribution in [-0.2, 0) is 17.9 Å². The molecule has 1 fully saturated rings. The van der Waals surface area contributed by atoms with Gasteiger partial charge >= 0.3 is 11.9 Å². The second kappa shape index (κ2) is 11.8. The molecule has 1 aliphatic rings. The van der Waals surface area contributed by atoms with Crippen LogP contribution in [0.3, 0.4) is 0 Å². The number of para-hydroxylation sites is 1. The number of aliphatic hydroxyl groups is 1. The van der Waals surface area contributed by atoms with Crippen molar-refractivity contribution < 1.29 is 27.9 Å². The van der Waals surface area contributed by atoms with E-state index in [9.17, 15) is 32.7 Å². The van der Waals surface area contributed by atoms with Crippen LogP contribution in [-0.4, -0.2) is 70.9 Å². The molecule has 3 N–H and O–H groups in total. The summed E-state index contributed by atoms with van der Waals surface area (Å²) in [5, 5.41) is 24.2. The fourth-order valence-electron chi connectivity index (χ4n) is 4.42. The highest BCUT2D eigenvalue weighted by molar-refractivity contribution is 6.30. The maximum atomic E-state index is 13.1. The molecule has 2 atom stereocenters. The second-order valence-corrected chi connectivity index (χ2v) is 10.0. The molecule has 0 unspecified atom stereocenters. The van der Waals surface area contributed by atoms with Crippen molar-refractivity contribution in [3.05, 3.63) is 81.8 Å². The van der Waals surface area contributed by atoms with E-state index in [2.05, 4.69) is 25.8 Å². The highest BCUT2D eigenvalue weighted by Crippen LogP contribution is 2.24. The molecule has 0 bridgehead atoms. The van der Waals surface area contributed by atoms with Crippen LogP contribution in [0.5, 0.6) is 0 Å². The summed E-state index contributed by atoms with van der Waals surface area (Å²) in [5.41, 5.74) is 0.0572. The van der Waals surface area contributed by atoms with E-state index < -0.39 is 30.4 Å². The Morgan fingerprint density at radius 3 is 2.57 bits per heavy atom. The van der Waals surface area contributed by atoms with Crippen LogP contribution in [0.25, 0.3) is 17.1 Å². The Morgan fingerprint density at radius 1 is 1.14 bits per heavy atom. The molecule has 4 aromatic rings. The third kappa shape index (κ3) is 6.36. The van der Waals surface area contributed by atoms with Crippen LogP contribution >= 0.6 is 11.6 Å². The lowest BCUT2D eigenvalue weighted by Crippen LogP contribution is -2.38. The van der Waals surface area contributed by atoms with Gasteiger partial charge in [-0.15, -0.1) is 10.2 Å². The largest absolute Gasteiger partial charge is 0.416 e. The minimum atomic E-state index is -4.95. The zero-order valence-corrected chi connectivity index (χ0v) is 22.5. The number of benzene rings is 2. The van der Waals surface area contributed by atoms with Crippen LogP contribution < -0.4 is 16.3 Å². The van der Waals surface area contributed by atoms with Crippen LogP contribution in [0.15, 0.2) is 59.7 Å². The lowest BCUT2D eigenvalue weighted by atomic mass is 10.1. The Balaban J connectivity index is 1.39. The van der Waals surface area contributed by atoms with Crippen molar-refractivity contribution in [2.75, 3.05) is 6.54 Å². The number of carbonyl (C=O) groups excluding carboxylic acids is 2. The molecular formula is C26H24ClF3N8O4. The minimum Gasteiger partial charge on any atom is -0.382 e. The lowest BCUT2D eigenvalue weighted by Gasteiger charge is -2.15. The topological polar surface area (TPSA) is 149 Å². The SMILES string of the molecule is O=C1CC[C@H](CNC(=O)c2ccccc2-n2cnc(Cn3nc(-c4ccc(Cl)cc4)n(C[C@H](O)C(F)(F)F)c3=O)n2)N1. The van der Waals surface area contributed by atoms with Gasteiger partial charge in [-0.05, 0) is 42.8 Å². The molecule has 0 radical (unpaired) electrons. The van der Waals surface area contributed by atoms with Crippen LogP contribution in [0.1, 0.15) is 29.0 Å². The number of aliphatic hydroxyl groups excluding tert-OH is 1. The van der Waals surface area contributed by atoms with E-state index in [1.165, 1.54) is 35.3 Å². The Hall–Kier alpha value is -4.50. The first-order valence-corrected chi connectivity index (χ1v) is 13.1. The average Bonchev–Trinajstić information content (AvgIpc) is 3.67. The summed E-state index contributed by atoms with van der Waals surface area (Å²) in [4.78, 5) is 41.7. The molecular weight excluding hydrogens is 581 g/mol. The first-order chi connectivity index (χ1) is 20.0. The summed E-state index contributed by atoms with van der Waals surface area (Å²) in [6.07, 6.45) is -5.40. The number of halogens is 4. The Morgan fingerprint density at radius 2 is 1.88 bits per heavy atom. The van der Waals surface area contributed by atoms with Gasteiger partial charge in [-0.1, -0.05) is 23.7 Å². The standard InChI is InChI=1S/C26H24ClF3N8O4/c27-16-7-5-15(6-8-16)23-35-37(25(42)36(23)12-20(39)26(28,29)30)13-21-32-14-38(34-21)19-4-2-1-3-18(19)24(41)31-11-17-9-10-22(40)33-17/h1-8,14,17,20,39H,9-13H2,(H,31,41)(H,33,40)/t17-,20+/m1/s1. The highest BCUT2D eigenvalue weighted by Gasteiger charge is 2.39. The van der Waals surface area contributed by atoms with Crippen molar-refractivity contribution >= 4 is 23.4 Å².